The van der Waals surface area contributed by atoms with Crippen LogP contribution in [0.5, 0.6) is 5.75 Å². The van der Waals surface area contributed by atoms with Gasteiger partial charge in [0.15, 0.2) is 15.5 Å². The number of aromatic nitrogens is 3. The first-order chi connectivity index (χ1) is 28.0. The number of carbonyl (C=O) groups is 4. The van der Waals surface area contributed by atoms with Crippen molar-refractivity contribution in [2.24, 2.45) is 5.41 Å². The van der Waals surface area contributed by atoms with Crippen molar-refractivity contribution in [1.82, 2.24) is 19.9 Å². The van der Waals surface area contributed by atoms with E-state index in [0.29, 0.717) is 22.5 Å². The van der Waals surface area contributed by atoms with Crippen LogP contribution in [0, 0.1) is 11.2 Å². The number of methoxy groups -OCH3 is 1. The minimum absolute atomic E-state index is 0.00268. The smallest absolute Gasteiger partial charge is 0.424 e. The van der Waals surface area contributed by atoms with Crippen molar-refractivity contribution in [3.8, 4) is 16.9 Å². The minimum atomic E-state index is -3.68. The van der Waals surface area contributed by atoms with E-state index >= 15 is 0 Å². The van der Waals surface area contributed by atoms with E-state index in [4.69, 9.17) is 18.9 Å². The van der Waals surface area contributed by atoms with Crippen LogP contribution in [0.4, 0.5) is 31.3 Å². The van der Waals surface area contributed by atoms with Gasteiger partial charge in [-0.3, -0.25) is 4.79 Å². The summed E-state index contributed by atoms with van der Waals surface area (Å²) in [5, 5.41) is 9.91. The number of fused-ring (bicyclic) bond motifs is 1. The summed E-state index contributed by atoms with van der Waals surface area (Å²) in [6.07, 6.45) is 0.716. The zero-order chi connectivity index (χ0) is 44.2. The topological polar surface area (TPSA) is 197 Å². The Bertz CT molecular complexity index is 2500. The van der Waals surface area contributed by atoms with Gasteiger partial charge in [-0.1, -0.05) is 45.0 Å². The first-order valence-electron chi connectivity index (χ1n) is 18.6. The molecule has 0 unspecified atom stereocenters. The van der Waals surface area contributed by atoms with E-state index in [9.17, 15) is 32.0 Å². The van der Waals surface area contributed by atoms with Crippen molar-refractivity contribution >= 4 is 56.9 Å². The minimum Gasteiger partial charge on any atom is -0.495 e. The number of benzene rings is 3. The molecule has 0 aliphatic carbocycles. The predicted molar refractivity (Wildman–Crippen MR) is 220 cm³/mol. The lowest BCUT2D eigenvalue weighted by atomic mass is 9.87. The number of rotatable bonds is 12. The van der Waals surface area contributed by atoms with Gasteiger partial charge in [0, 0.05) is 29.8 Å². The second kappa shape index (κ2) is 17.7. The van der Waals surface area contributed by atoms with Crippen molar-refractivity contribution in [2.45, 2.75) is 70.9 Å². The fourth-order valence-corrected chi connectivity index (χ4v) is 6.37. The van der Waals surface area contributed by atoms with E-state index in [2.05, 4.69) is 20.7 Å². The number of nitrogens with one attached hydrogen (secondary N) is 2. The second-order valence-corrected chi connectivity index (χ2v) is 17.9. The number of hydrogen-bond donors (Lipinski definition) is 2. The molecule has 2 N–H and O–H groups in total. The zero-order valence-electron chi connectivity index (χ0n) is 34.6. The van der Waals surface area contributed by atoms with Crippen molar-refractivity contribution in [1.29, 1.82) is 0 Å². The Labute approximate surface area is 346 Å². The molecule has 2 aromatic heterocycles. The number of carbonyl (C=O) groups excluding carboxylic acids is 4. The van der Waals surface area contributed by atoms with Crippen molar-refractivity contribution in [3.63, 3.8) is 0 Å². The number of halogens is 1. The predicted octanol–water partition coefficient (Wildman–Crippen LogP) is 7.40. The Morgan fingerprint density at radius 3 is 2.13 bits per heavy atom. The highest BCUT2D eigenvalue weighted by Crippen LogP contribution is 2.36. The highest BCUT2D eigenvalue weighted by molar-refractivity contribution is 7.90. The van der Waals surface area contributed by atoms with Crippen molar-refractivity contribution in [2.75, 3.05) is 30.4 Å². The first-order valence-corrected chi connectivity index (χ1v) is 20.5. The first kappa shape index (κ1) is 44.5. The number of pyridine rings is 1. The molecule has 3 amide bonds. The van der Waals surface area contributed by atoms with E-state index in [1.54, 1.807) is 103 Å². The maximum Gasteiger partial charge on any atom is 0.424 e. The van der Waals surface area contributed by atoms with Crippen LogP contribution in [0.2, 0.25) is 0 Å². The third-order valence-corrected chi connectivity index (χ3v) is 10.0. The molecule has 0 aliphatic rings. The number of hydrogen-bond acceptors (Lipinski definition) is 12. The van der Waals surface area contributed by atoms with Crippen LogP contribution in [0.25, 0.3) is 16.8 Å². The highest BCUT2D eigenvalue weighted by atomic mass is 32.2. The van der Waals surface area contributed by atoms with Crippen molar-refractivity contribution in [3.05, 3.63) is 96.4 Å². The maximum absolute atomic E-state index is 13.9. The molecule has 0 aliphatic heterocycles. The molecule has 0 fully saturated rings. The Kier molecular flexibility index (Phi) is 13.2. The molecule has 0 saturated heterocycles. The van der Waals surface area contributed by atoms with Crippen LogP contribution in [-0.2, 0) is 33.6 Å². The number of ether oxygens (including phenoxy) is 4. The van der Waals surface area contributed by atoms with Crippen LogP contribution in [0.15, 0.2) is 90.0 Å². The lowest BCUT2D eigenvalue weighted by Gasteiger charge is -2.30. The van der Waals surface area contributed by atoms with Gasteiger partial charge in [0.25, 0.3) is 5.95 Å². The van der Waals surface area contributed by atoms with Gasteiger partial charge in [0.1, 0.15) is 23.2 Å². The molecule has 0 radical (unpaired) electrons. The van der Waals surface area contributed by atoms with Gasteiger partial charge in [-0.2, -0.15) is 4.98 Å². The molecule has 5 aromatic rings. The molecule has 318 valence electrons. The Morgan fingerprint density at radius 1 is 0.883 bits per heavy atom. The number of amides is 3. The van der Waals surface area contributed by atoms with Gasteiger partial charge >= 0.3 is 18.2 Å². The normalized spacial score (nSPS) is 12.8. The summed E-state index contributed by atoms with van der Waals surface area (Å²) < 4.78 is 61.0. The van der Waals surface area contributed by atoms with Crippen LogP contribution in [0.1, 0.15) is 59.9 Å². The Morgan fingerprint density at radius 2 is 1.53 bits per heavy atom. The van der Waals surface area contributed by atoms with Gasteiger partial charge in [-0.15, -0.1) is 5.10 Å². The number of esters is 1. The average molecular weight is 847 g/mol. The molecule has 0 spiro atoms. The number of alkyl carbamates (subject to hydrolysis) is 1. The molecule has 2 atom stereocenters. The van der Waals surface area contributed by atoms with Crippen molar-refractivity contribution < 1.29 is 50.9 Å². The summed E-state index contributed by atoms with van der Waals surface area (Å²) in [5.74, 6) is -2.33. The standard InChI is InChI=1S/C42H47FN6O10S/c1-25(26-10-15-29(43)16-11-26)36(50)44-30-17-12-27(13-18-30)28-14-21-34-45-38(47-48(34)23-28)49(32-20-19-31(60(9,54)55)22-33(32)56-8)40(53)58-24-57-37(51)35(41(2,3)4)46-39(52)59-42(5,6)7/h10-23,25,35H,24H2,1-9H3,(H,44,50)(H,46,52)/t25-,35-/m1/s1. The van der Waals surface area contributed by atoms with Gasteiger partial charge < -0.3 is 29.6 Å². The van der Waals surface area contributed by atoms with Crippen LogP contribution in [-0.4, -0.2) is 78.9 Å². The van der Waals surface area contributed by atoms with Gasteiger partial charge in [0.05, 0.1) is 23.6 Å². The summed E-state index contributed by atoms with van der Waals surface area (Å²) in [7, 11) is -2.40. The molecule has 0 bridgehead atoms. The van der Waals surface area contributed by atoms with Crippen LogP contribution in [0.3, 0.4) is 0 Å². The Hall–Kier alpha value is -6.56. The van der Waals surface area contributed by atoms with Crippen LogP contribution < -0.4 is 20.3 Å². The van der Waals surface area contributed by atoms with E-state index in [0.717, 1.165) is 16.7 Å². The molecule has 0 saturated carbocycles. The summed E-state index contributed by atoms with van der Waals surface area (Å²) in [4.78, 5) is 57.9. The molecule has 3 aromatic carbocycles. The monoisotopic (exact) mass is 846 g/mol. The van der Waals surface area contributed by atoms with E-state index < -0.39 is 57.8 Å². The molecular weight excluding hydrogens is 800 g/mol. The summed E-state index contributed by atoms with van der Waals surface area (Å²) >= 11 is 0. The van der Waals surface area contributed by atoms with E-state index in [-0.39, 0.29) is 34.0 Å². The largest absolute Gasteiger partial charge is 0.495 e. The number of sulfone groups is 1. The van der Waals surface area contributed by atoms with Gasteiger partial charge in [-0.25, -0.2) is 36.6 Å². The second-order valence-electron chi connectivity index (χ2n) is 15.9. The molecule has 60 heavy (non-hydrogen) atoms. The quantitative estimate of drug-likeness (QED) is 0.0934. The maximum atomic E-state index is 13.9. The molecule has 5 rings (SSSR count). The highest BCUT2D eigenvalue weighted by Gasteiger charge is 2.36. The fraction of sp³-hybridized carbons (Fsp3) is 0.333. The summed E-state index contributed by atoms with van der Waals surface area (Å²) in [5.41, 5.74) is 1.32. The molecule has 18 heteroatoms. The zero-order valence-corrected chi connectivity index (χ0v) is 35.4. The molecule has 16 nitrogen and oxygen atoms in total. The molecular formula is C42H47FN6O10S. The average Bonchev–Trinajstić information content (AvgIpc) is 3.58. The third-order valence-electron chi connectivity index (χ3n) is 8.92. The molecule has 2 heterocycles. The summed E-state index contributed by atoms with van der Waals surface area (Å²) in [6.45, 7) is 11.0. The lowest BCUT2D eigenvalue weighted by Crippen LogP contribution is -2.51. The van der Waals surface area contributed by atoms with E-state index in [1.807, 2.05) is 0 Å². The summed E-state index contributed by atoms with van der Waals surface area (Å²) in [6, 6.07) is 18.9. The van der Waals surface area contributed by atoms with Crippen LogP contribution >= 0.6 is 0 Å². The third kappa shape index (κ3) is 11.1. The SMILES string of the molecule is COc1cc(S(C)(=O)=O)ccc1N(C(=O)OCOC(=O)[C@@H](NC(=O)OC(C)(C)C)C(C)(C)C)c1nc2ccc(-c3ccc(NC(=O)[C@H](C)c4ccc(F)cc4)cc3)cn2n1. The lowest BCUT2D eigenvalue weighted by molar-refractivity contribution is -0.157. The van der Waals surface area contributed by atoms with Gasteiger partial charge in [-0.05, 0) is 92.8 Å². The van der Waals surface area contributed by atoms with Gasteiger partial charge in [0.2, 0.25) is 12.7 Å². The van der Waals surface area contributed by atoms with E-state index in [1.165, 1.54) is 42.0 Å². The number of anilines is 3. The number of nitrogens with zero attached hydrogens (tertiary/aromatic N) is 4. The fourth-order valence-electron chi connectivity index (χ4n) is 5.74. The Balaban J connectivity index is 1.39.